The van der Waals surface area contributed by atoms with Gasteiger partial charge in [0.15, 0.2) is 10.8 Å². The second-order valence-corrected chi connectivity index (χ2v) is 7.68. The van der Waals surface area contributed by atoms with Gasteiger partial charge in [0.1, 0.15) is 11.5 Å². The van der Waals surface area contributed by atoms with E-state index in [0.717, 1.165) is 11.3 Å². The molecule has 2 aliphatic heterocycles. The average Bonchev–Trinajstić information content (AvgIpc) is 2.66. The summed E-state index contributed by atoms with van der Waals surface area (Å²) in [6.07, 6.45) is 0.633. The first-order valence-electron chi connectivity index (χ1n) is 8.72. The third-order valence-electron chi connectivity index (χ3n) is 5.09. The molecule has 2 aromatic carbocycles. The predicted octanol–water partition coefficient (Wildman–Crippen LogP) is 4.07. The maximum atomic E-state index is 11.9. The molecule has 0 radical (unpaired) electrons. The summed E-state index contributed by atoms with van der Waals surface area (Å²) < 4.78 is 16.4. The Morgan fingerprint density at radius 1 is 1.32 bits per heavy atom. The number of thiocarbonyl (C=S) groups is 1. The van der Waals surface area contributed by atoms with Gasteiger partial charge in [0, 0.05) is 17.7 Å². The van der Waals surface area contributed by atoms with E-state index in [9.17, 15) is 4.79 Å². The van der Waals surface area contributed by atoms with Crippen LogP contribution in [0.5, 0.6) is 11.5 Å². The van der Waals surface area contributed by atoms with E-state index < -0.39 is 5.72 Å². The van der Waals surface area contributed by atoms with Crippen LogP contribution in [-0.4, -0.2) is 31.0 Å². The van der Waals surface area contributed by atoms with Gasteiger partial charge in [-0.3, -0.25) is 4.90 Å². The van der Waals surface area contributed by atoms with E-state index in [1.54, 1.807) is 37.4 Å². The van der Waals surface area contributed by atoms with E-state index in [1.165, 1.54) is 7.11 Å². The minimum absolute atomic E-state index is 0.0733. The monoisotopic (exact) mass is 418 g/mol. The number of esters is 1. The summed E-state index contributed by atoms with van der Waals surface area (Å²) in [5.74, 6) is 0.907. The predicted molar refractivity (Wildman–Crippen MR) is 110 cm³/mol. The van der Waals surface area contributed by atoms with Crippen molar-refractivity contribution < 1.29 is 19.0 Å². The second-order valence-electron chi connectivity index (χ2n) is 6.88. The number of benzene rings is 2. The number of nitrogens with zero attached hydrogens (tertiary/aromatic N) is 1. The van der Waals surface area contributed by atoms with Gasteiger partial charge >= 0.3 is 5.97 Å². The smallest absolute Gasteiger partial charge is 0.337 e. The first-order valence-corrected chi connectivity index (χ1v) is 9.50. The molecule has 0 spiro atoms. The average molecular weight is 419 g/mol. The lowest BCUT2D eigenvalue weighted by molar-refractivity contribution is 0.0494. The molecule has 2 aliphatic rings. The molecule has 2 atom stereocenters. The minimum atomic E-state index is -0.704. The van der Waals surface area contributed by atoms with E-state index in [2.05, 4.69) is 5.32 Å². The van der Waals surface area contributed by atoms with Gasteiger partial charge in [-0.15, -0.1) is 0 Å². The molecule has 0 saturated carbocycles. The molecule has 0 aromatic heterocycles. The van der Waals surface area contributed by atoms with Crippen LogP contribution in [0.2, 0.25) is 5.02 Å². The van der Waals surface area contributed by atoms with Crippen molar-refractivity contribution in [3.05, 3.63) is 52.5 Å². The van der Waals surface area contributed by atoms with E-state index in [0.29, 0.717) is 33.6 Å². The molecule has 2 bridgehead atoms. The molecule has 146 valence electrons. The number of rotatable bonds is 3. The van der Waals surface area contributed by atoms with Gasteiger partial charge in [-0.1, -0.05) is 11.6 Å². The van der Waals surface area contributed by atoms with Gasteiger partial charge in [-0.05, 0) is 55.5 Å². The zero-order valence-corrected chi connectivity index (χ0v) is 17.2. The fourth-order valence-corrected chi connectivity index (χ4v) is 4.50. The Kier molecular flexibility index (Phi) is 4.59. The van der Waals surface area contributed by atoms with Crippen LogP contribution in [0.3, 0.4) is 0 Å². The van der Waals surface area contributed by atoms with Gasteiger partial charge in [0.05, 0.1) is 30.8 Å². The molecule has 1 N–H and O–H groups in total. The summed E-state index contributed by atoms with van der Waals surface area (Å²) in [5.41, 5.74) is 1.46. The number of anilines is 1. The third kappa shape index (κ3) is 2.95. The molecule has 2 unspecified atom stereocenters. The number of nitrogens with one attached hydrogen (secondary N) is 1. The van der Waals surface area contributed by atoms with Crippen LogP contribution in [0.1, 0.15) is 35.3 Å². The summed E-state index contributed by atoms with van der Waals surface area (Å²) in [4.78, 5) is 13.8. The lowest BCUT2D eigenvalue weighted by atomic mass is 9.89. The molecular weight excluding hydrogens is 400 g/mol. The van der Waals surface area contributed by atoms with Crippen molar-refractivity contribution >= 4 is 40.6 Å². The molecule has 1 saturated heterocycles. The zero-order valence-electron chi connectivity index (χ0n) is 15.6. The summed E-state index contributed by atoms with van der Waals surface area (Å²) in [5, 5.41) is 4.38. The second kappa shape index (κ2) is 6.83. The van der Waals surface area contributed by atoms with Crippen molar-refractivity contribution in [2.75, 3.05) is 19.1 Å². The van der Waals surface area contributed by atoms with Gasteiger partial charge in [-0.2, -0.15) is 0 Å². The number of methoxy groups -OCH3 is 2. The maximum Gasteiger partial charge on any atom is 0.337 e. The van der Waals surface area contributed by atoms with Crippen molar-refractivity contribution in [3.8, 4) is 11.5 Å². The number of ether oxygens (including phenoxy) is 3. The largest absolute Gasteiger partial charge is 0.495 e. The highest BCUT2D eigenvalue weighted by Crippen LogP contribution is 2.46. The molecule has 4 rings (SSSR count). The number of carbonyl (C=O) groups is 1. The van der Waals surface area contributed by atoms with Gasteiger partial charge in [0.2, 0.25) is 0 Å². The molecule has 1 fully saturated rings. The highest BCUT2D eigenvalue weighted by molar-refractivity contribution is 7.80. The SMILES string of the molecule is COC(=O)c1ccc2c(c1)C1CC(C)(O2)N(c2ccc(OC)c(Cl)c2)C(=S)N1. The summed E-state index contributed by atoms with van der Waals surface area (Å²) >= 11 is 12.0. The Morgan fingerprint density at radius 2 is 2.11 bits per heavy atom. The Morgan fingerprint density at radius 3 is 2.79 bits per heavy atom. The van der Waals surface area contributed by atoms with Crippen molar-refractivity contribution in [2.24, 2.45) is 0 Å². The maximum absolute atomic E-state index is 11.9. The minimum Gasteiger partial charge on any atom is -0.495 e. The molecule has 2 aromatic rings. The Balaban J connectivity index is 1.74. The normalized spacial score (nSPS) is 22.6. The van der Waals surface area contributed by atoms with Crippen LogP contribution in [-0.2, 0) is 4.74 Å². The molecule has 6 nitrogen and oxygen atoms in total. The number of carbonyl (C=O) groups excluding carboxylic acids is 1. The zero-order chi connectivity index (χ0) is 20.1. The molecule has 8 heteroatoms. The van der Waals surface area contributed by atoms with Gasteiger partial charge < -0.3 is 19.5 Å². The van der Waals surface area contributed by atoms with Crippen LogP contribution in [0, 0.1) is 0 Å². The van der Waals surface area contributed by atoms with E-state index in [4.69, 9.17) is 38.0 Å². The van der Waals surface area contributed by atoms with Crippen LogP contribution < -0.4 is 19.7 Å². The van der Waals surface area contributed by atoms with Crippen molar-refractivity contribution in [1.82, 2.24) is 5.32 Å². The number of hydrogen-bond acceptors (Lipinski definition) is 5. The van der Waals surface area contributed by atoms with Crippen LogP contribution in [0.4, 0.5) is 5.69 Å². The van der Waals surface area contributed by atoms with Crippen LogP contribution in [0.25, 0.3) is 0 Å². The number of hydrogen-bond donors (Lipinski definition) is 1. The highest BCUT2D eigenvalue weighted by atomic mass is 35.5. The first-order chi connectivity index (χ1) is 13.4. The molecule has 2 heterocycles. The van der Waals surface area contributed by atoms with Crippen molar-refractivity contribution in [2.45, 2.75) is 25.1 Å². The lowest BCUT2D eigenvalue weighted by Crippen LogP contribution is -2.65. The number of fused-ring (bicyclic) bond motifs is 4. The fraction of sp³-hybridized carbons (Fsp3) is 0.300. The van der Waals surface area contributed by atoms with Gasteiger partial charge in [-0.25, -0.2) is 4.79 Å². The molecule has 0 amide bonds. The van der Waals surface area contributed by atoms with Crippen LogP contribution in [0.15, 0.2) is 36.4 Å². The third-order valence-corrected chi connectivity index (χ3v) is 5.68. The van der Waals surface area contributed by atoms with E-state index in [-0.39, 0.29) is 12.0 Å². The molecular formula is C20H19ClN2O4S. The van der Waals surface area contributed by atoms with E-state index in [1.807, 2.05) is 17.9 Å². The molecule has 0 aliphatic carbocycles. The summed E-state index contributed by atoms with van der Waals surface area (Å²) in [7, 11) is 2.94. The first kappa shape index (κ1) is 18.8. The van der Waals surface area contributed by atoms with Crippen molar-refractivity contribution in [3.63, 3.8) is 0 Å². The highest BCUT2D eigenvalue weighted by Gasteiger charge is 2.48. The number of halogens is 1. The summed E-state index contributed by atoms with van der Waals surface area (Å²) in [6.45, 7) is 1.99. The Labute approximate surface area is 173 Å². The molecule has 28 heavy (non-hydrogen) atoms. The van der Waals surface area contributed by atoms with E-state index >= 15 is 0 Å². The van der Waals surface area contributed by atoms with Crippen molar-refractivity contribution in [1.29, 1.82) is 0 Å². The Hall–Kier alpha value is -2.51. The van der Waals surface area contributed by atoms with Gasteiger partial charge in [0.25, 0.3) is 0 Å². The fourth-order valence-electron chi connectivity index (χ4n) is 3.80. The standard InChI is InChI=1S/C20H19ClN2O4S/c1-20-10-15(13-8-11(18(24)26-3)4-6-16(13)27-20)22-19(28)23(20)12-5-7-17(25-2)14(21)9-12/h4-9,15H,10H2,1-3H3,(H,22,28). The quantitative estimate of drug-likeness (QED) is 0.595. The summed E-state index contributed by atoms with van der Waals surface area (Å²) in [6, 6.07) is 10.7. The Bertz CT molecular complexity index is 983. The lowest BCUT2D eigenvalue weighted by Gasteiger charge is -2.52. The topological polar surface area (TPSA) is 60.0 Å². The van der Waals surface area contributed by atoms with Crippen LogP contribution >= 0.6 is 23.8 Å².